The van der Waals surface area contributed by atoms with E-state index in [0.29, 0.717) is 23.3 Å². The predicted octanol–water partition coefficient (Wildman–Crippen LogP) is 3.97. The normalized spacial score (nSPS) is 18.2. The van der Waals surface area contributed by atoms with E-state index in [4.69, 9.17) is 10.5 Å². The molecule has 1 aromatic heterocycles. The van der Waals surface area contributed by atoms with E-state index in [-0.39, 0.29) is 11.6 Å². The van der Waals surface area contributed by atoms with E-state index in [1.807, 2.05) is 54.6 Å². The highest BCUT2D eigenvalue weighted by Gasteiger charge is 2.29. The fourth-order valence-electron chi connectivity index (χ4n) is 3.26. The van der Waals surface area contributed by atoms with Crippen LogP contribution in [0.3, 0.4) is 0 Å². The van der Waals surface area contributed by atoms with Crippen molar-refractivity contribution in [2.75, 3.05) is 11.1 Å². The van der Waals surface area contributed by atoms with Gasteiger partial charge in [-0.3, -0.25) is 9.79 Å². The molecule has 0 spiro atoms. The van der Waals surface area contributed by atoms with Crippen molar-refractivity contribution >= 4 is 28.5 Å². The maximum Gasteiger partial charge on any atom is 0.275 e. The van der Waals surface area contributed by atoms with Crippen LogP contribution in [-0.4, -0.2) is 26.8 Å². The molecule has 8 heteroatoms. The third-order valence-corrected chi connectivity index (χ3v) is 5.82. The van der Waals surface area contributed by atoms with Gasteiger partial charge in [-0.15, -0.1) is 0 Å². The standard InChI is InChI=1S/C23H23N5O2S/c1-23(10-11-31-22(24)28-23)17-8-5-9-18(12-17)27-21(29)19-13-26-20(14-25-19)30-15-16-6-3-2-4-7-16/h2-9,12-14H,10-11,15H2,1H3,(H2,24,28)(H,27,29)/t23-/m0/s1. The molecule has 1 atom stereocenters. The summed E-state index contributed by atoms with van der Waals surface area (Å²) >= 11 is 1.56. The minimum Gasteiger partial charge on any atom is -0.472 e. The van der Waals surface area contributed by atoms with Gasteiger partial charge in [0.15, 0.2) is 5.17 Å². The van der Waals surface area contributed by atoms with Crippen LogP contribution >= 0.6 is 11.8 Å². The van der Waals surface area contributed by atoms with Crippen LogP contribution in [0.4, 0.5) is 5.69 Å². The van der Waals surface area contributed by atoms with Gasteiger partial charge in [-0.05, 0) is 36.6 Å². The molecule has 3 N–H and O–H groups in total. The molecule has 4 rings (SSSR count). The van der Waals surface area contributed by atoms with Crippen molar-refractivity contribution in [3.8, 4) is 5.88 Å². The van der Waals surface area contributed by atoms with Crippen molar-refractivity contribution in [3.63, 3.8) is 0 Å². The molecule has 7 nitrogen and oxygen atoms in total. The topological polar surface area (TPSA) is 102 Å². The van der Waals surface area contributed by atoms with Crippen LogP contribution in [-0.2, 0) is 12.1 Å². The van der Waals surface area contributed by atoms with E-state index < -0.39 is 5.54 Å². The summed E-state index contributed by atoms with van der Waals surface area (Å²) in [6.45, 7) is 2.44. The molecule has 0 saturated heterocycles. The number of aromatic nitrogens is 2. The van der Waals surface area contributed by atoms with E-state index in [1.165, 1.54) is 12.4 Å². The maximum atomic E-state index is 12.6. The molecule has 0 aliphatic carbocycles. The Bertz CT molecular complexity index is 1090. The van der Waals surface area contributed by atoms with Crippen LogP contribution in [0, 0.1) is 0 Å². The van der Waals surface area contributed by atoms with Gasteiger partial charge in [0.25, 0.3) is 5.91 Å². The average Bonchev–Trinajstić information content (AvgIpc) is 2.79. The van der Waals surface area contributed by atoms with Gasteiger partial charge in [0, 0.05) is 11.4 Å². The number of thioether (sulfide) groups is 1. The number of hydrogen-bond donors (Lipinski definition) is 2. The molecule has 0 unspecified atom stereocenters. The number of hydrogen-bond acceptors (Lipinski definition) is 7. The number of carbonyl (C=O) groups is 1. The van der Waals surface area contributed by atoms with Gasteiger partial charge in [-0.25, -0.2) is 9.97 Å². The largest absolute Gasteiger partial charge is 0.472 e. The summed E-state index contributed by atoms with van der Waals surface area (Å²) < 4.78 is 5.62. The lowest BCUT2D eigenvalue weighted by Gasteiger charge is -2.30. The highest BCUT2D eigenvalue weighted by atomic mass is 32.2. The fourth-order valence-corrected chi connectivity index (χ4v) is 4.24. The van der Waals surface area contributed by atoms with Gasteiger partial charge in [-0.2, -0.15) is 0 Å². The molecule has 0 radical (unpaired) electrons. The number of rotatable bonds is 6. The molecule has 1 aliphatic heterocycles. The molecule has 158 valence electrons. The fraction of sp³-hybridized carbons (Fsp3) is 0.217. The van der Waals surface area contributed by atoms with Gasteiger partial charge >= 0.3 is 0 Å². The molecular weight excluding hydrogens is 410 g/mol. The first-order chi connectivity index (χ1) is 15.0. The summed E-state index contributed by atoms with van der Waals surface area (Å²) in [5, 5.41) is 3.47. The second-order valence-electron chi connectivity index (χ2n) is 7.37. The minimum atomic E-state index is -0.395. The first-order valence-corrected chi connectivity index (χ1v) is 10.9. The lowest BCUT2D eigenvalue weighted by atomic mass is 9.89. The van der Waals surface area contributed by atoms with E-state index in [2.05, 4.69) is 27.2 Å². The molecule has 0 bridgehead atoms. The predicted molar refractivity (Wildman–Crippen MR) is 123 cm³/mol. The average molecular weight is 434 g/mol. The number of aliphatic imine (C=N–C) groups is 1. The summed E-state index contributed by atoms with van der Waals surface area (Å²) in [7, 11) is 0. The SMILES string of the molecule is C[C@@]1(c2cccc(NC(=O)c3cnc(OCc4ccccc4)cn3)c2)CCSC(N)=N1. The van der Waals surface area contributed by atoms with Crippen molar-refractivity contribution in [2.24, 2.45) is 10.7 Å². The Labute approximate surface area is 185 Å². The van der Waals surface area contributed by atoms with Crippen molar-refractivity contribution in [3.05, 3.63) is 83.8 Å². The number of carbonyl (C=O) groups excluding carboxylic acids is 1. The number of nitrogens with zero attached hydrogens (tertiary/aromatic N) is 3. The Morgan fingerprint density at radius 2 is 2.00 bits per heavy atom. The molecule has 1 amide bonds. The smallest absolute Gasteiger partial charge is 0.275 e. The molecule has 0 fully saturated rings. The number of amides is 1. The maximum absolute atomic E-state index is 12.6. The first-order valence-electron chi connectivity index (χ1n) is 9.91. The van der Waals surface area contributed by atoms with Crippen LogP contribution in [0.5, 0.6) is 5.88 Å². The second kappa shape index (κ2) is 9.18. The van der Waals surface area contributed by atoms with Gasteiger partial charge < -0.3 is 15.8 Å². The molecule has 1 aliphatic rings. The number of amidine groups is 1. The summed E-state index contributed by atoms with van der Waals surface area (Å²) in [6, 6.07) is 17.4. The van der Waals surface area contributed by atoms with E-state index >= 15 is 0 Å². The molecule has 3 aromatic rings. The Morgan fingerprint density at radius 1 is 1.16 bits per heavy atom. The zero-order valence-electron chi connectivity index (χ0n) is 17.1. The van der Waals surface area contributed by atoms with Crippen molar-refractivity contribution in [1.29, 1.82) is 0 Å². The van der Waals surface area contributed by atoms with Gasteiger partial charge in [0.2, 0.25) is 5.88 Å². The first kappa shape index (κ1) is 20.9. The molecule has 2 aromatic carbocycles. The lowest BCUT2D eigenvalue weighted by molar-refractivity contribution is 0.102. The highest BCUT2D eigenvalue weighted by molar-refractivity contribution is 8.13. The number of anilines is 1. The van der Waals surface area contributed by atoms with Crippen LogP contribution in [0.2, 0.25) is 0 Å². The van der Waals surface area contributed by atoms with Crippen molar-refractivity contribution < 1.29 is 9.53 Å². The Kier molecular flexibility index (Phi) is 6.18. The van der Waals surface area contributed by atoms with Crippen LogP contribution < -0.4 is 15.8 Å². The van der Waals surface area contributed by atoms with Gasteiger partial charge in [0.1, 0.15) is 12.3 Å². The van der Waals surface area contributed by atoms with Gasteiger partial charge in [-0.1, -0.05) is 54.2 Å². The molecule has 2 heterocycles. The highest BCUT2D eigenvalue weighted by Crippen LogP contribution is 2.35. The Balaban J connectivity index is 1.41. The lowest BCUT2D eigenvalue weighted by Crippen LogP contribution is -2.28. The molecule has 0 saturated carbocycles. The molecule has 31 heavy (non-hydrogen) atoms. The zero-order valence-corrected chi connectivity index (χ0v) is 17.9. The van der Waals surface area contributed by atoms with Crippen LogP contribution in [0.25, 0.3) is 0 Å². The van der Waals surface area contributed by atoms with Crippen LogP contribution in [0.15, 0.2) is 72.0 Å². The van der Waals surface area contributed by atoms with Crippen molar-refractivity contribution in [1.82, 2.24) is 9.97 Å². The van der Waals surface area contributed by atoms with E-state index in [1.54, 1.807) is 11.8 Å². The zero-order chi connectivity index (χ0) is 21.7. The summed E-state index contributed by atoms with van der Waals surface area (Å²) in [6.07, 6.45) is 3.74. The quantitative estimate of drug-likeness (QED) is 0.610. The molecular formula is C23H23N5O2S. The third-order valence-electron chi connectivity index (χ3n) is 5.03. The van der Waals surface area contributed by atoms with Crippen LogP contribution in [0.1, 0.15) is 35.0 Å². The Hall–Kier alpha value is -3.39. The summed E-state index contributed by atoms with van der Waals surface area (Å²) in [4.78, 5) is 25.6. The van der Waals surface area contributed by atoms with Crippen molar-refractivity contribution in [2.45, 2.75) is 25.5 Å². The Morgan fingerprint density at radius 3 is 2.74 bits per heavy atom. The van der Waals surface area contributed by atoms with E-state index in [9.17, 15) is 4.79 Å². The third kappa shape index (κ3) is 5.21. The summed E-state index contributed by atoms with van der Waals surface area (Å²) in [5.74, 6) is 0.934. The van der Waals surface area contributed by atoms with Gasteiger partial charge in [0.05, 0.1) is 17.9 Å². The number of benzene rings is 2. The monoisotopic (exact) mass is 433 g/mol. The number of nitrogens with one attached hydrogen (secondary N) is 1. The number of ether oxygens (including phenoxy) is 1. The number of nitrogens with two attached hydrogens (primary N) is 1. The second-order valence-corrected chi connectivity index (χ2v) is 8.49. The minimum absolute atomic E-state index is 0.208. The van der Waals surface area contributed by atoms with E-state index in [0.717, 1.165) is 23.3 Å². The summed E-state index contributed by atoms with van der Waals surface area (Å²) in [5.41, 5.74) is 8.44.